The molecule has 0 amide bonds. The molecule has 1 aliphatic heterocycles. The molecular formula is C39H27NO. The third kappa shape index (κ3) is 2.97. The van der Waals surface area contributed by atoms with Crippen molar-refractivity contribution >= 4 is 54.1 Å². The van der Waals surface area contributed by atoms with Crippen molar-refractivity contribution in [3.63, 3.8) is 0 Å². The summed E-state index contributed by atoms with van der Waals surface area (Å²) >= 11 is 0. The summed E-state index contributed by atoms with van der Waals surface area (Å²) in [4.78, 5) is 0. The van der Waals surface area contributed by atoms with Crippen LogP contribution in [0.4, 0.5) is 0 Å². The van der Waals surface area contributed by atoms with Gasteiger partial charge < -0.3 is 9.30 Å². The van der Waals surface area contributed by atoms with Crippen molar-refractivity contribution in [2.45, 2.75) is 19.3 Å². The monoisotopic (exact) mass is 525 g/mol. The van der Waals surface area contributed by atoms with E-state index in [1.165, 1.54) is 70.9 Å². The first-order valence-corrected chi connectivity index (χ1v) is 14.3. The average molecular weight is 526 g/mol. The molecule has 1 aromatic heterocycles. The fourth-order valence-electron chi connectivity index (χ4n) is 7.38. The van der Waals surface area contributed by atoms with Gasteiger partial charge in [0, 0.05) is 33.0 Å². The second-order valence-electron chi connectivity index (χ2n) is 11.7. The van der Waals surface area contributed by atoms with Gasteiger partial charge in [0.2, 0.25) is 0 Å². The van der Waals surface area contributed by atoms with Crippen molar-refractivity contribution in [1.29, 1.82) is 0 Å². The van der Waals surface area contributed by atoms with E-state index in [1.54, 1.807) is 0 Å². The van der Waals surface area contributed by atoms with Crippen LogP contribution in [-0.4, -0.2) is 4.57 Å². The maximum Gasteiger partial charge on any atom is 0.132 e. The molecule has 0 aliphatic carbocycles. The maximum absolute atomic E-state index is 6.52. The highest BCUT2D eigenvalue weighted by Gasteiger charge is 2.37. The third-order valence-electron chi connectivity index (χ3n) is 9.19. The fourth-order valence-corrected chi connectivity index (χ4v) is 7.38. The highest BCUT2D eigenvalue weighted by molar-refractivity contribution is 6.25. The summed E-state index contributed by atoms with van der Waals surface area (Å²) < 4.78 is 8.96. The SMILES string of the molecule is CC1(C)c2ccccc2Oc2ccc3c(c21)c1ccccc1n3-c1ccc2c3ccccc3c3ccccc3c2c1. The maximum atomic E-state index is 6.52. The number of nitrogens with zero attached hydrogens (tertiary/aromatic N) is 1. The van der Waals surface area contributed by atoms with Gasteiger partial charge in [-0.2, -0.15) is 0 Å². The van der Waals surface area contributed by atoms with E-state index in [0.717, 1.165) is 11.5 Å². The van der Waals surface area contributed by atoms with Crippen LogP contribution in [0.2, 0.25) is 0 Å². The minimum atomic E-state index is -0.211. The lowest BCUT2D eigenvalue weighted by atomic mass is 9.74. The van der Waals surface area contributed by atoms with Crippen molar-refractivity contribution in [1.82, 2.24) is 4.57 Å². The Morgan fingerprint density at radius 1 is 0.488 bits per heavy atom. The highest BCUT2D eigenvalue weighted by Crippen LogP contribution is 2.52. The Morgan fingerprint density at radius 3 is 1.80 bits per heavy atom. The molecule has 0 atom stereocenters. The topological polar surface area (TPSA) is 14.2 Å². The molecule has 0 N–H and O–H groups in total. The van der Waals surface area contributed by atoms with Crippen LogP contribution in [0, 0.1) is 0 Å². The molecular weight excluding hydrogens is 498 g/mol. The number of aromatic nitrogens is 1. The van der Waals surface area contributed by atoms with E-state index in [9.17, 15) is 0 Å². The van der Waals surface area contributed by atoms with Gasteiger partial charge in [0.05, 0.1) is 11.0 Å². The van der Waals surface area contributed by atoms with Crippen molar-refractivity contribution in [2.24, 2.45) is 0 Å². The average Bonchev–Trinajstić information content (AvgIpc) is 3.35. The first-order chi connectivity index (χ1) is 20.1. The molecule has 194 valence electrons. The Bertz CT molecular complexity index is 2340. The number of fused-ring (bicyclic) bond motifs is 12. The Labute approximate surface area is 238 Å². The molecule has 0 saturated carbocycles. The van der Waals surface area contributed by atoms with Crippen LogP contribution in [0.15, 0.2) is 127 Å². The van der Waals surface area contributed by atoms with Crippen LogP contribution in [0.5, 0.6) is 11.5 Å². The van der Waals surface area contributed by atoms with Crippen LogP contribution in [0.3, 0.4) is 0 Å². The molecule has 0 saturated heterocycles. The molecule has 0 bridgehead atoms. The van der Waals surface area contributed by atoms with Crippen LogP contribution in [0.25, 0.3) is 59.8 Å². The van der Waals surface area contributed by atoms with E-state index >= 15 is 0 Å². The molecule has 1 aliphatic rings. The van der Waals surface area contributed by atoms with E-state index in [0.29, 0.717) is 0 Å². The van der Waals surface area contributed by atoms with Crippen LogP contribution >= 0.6 is 0 Å². The zero-order valence-corrected chi connectivity index (χ0v) is 23.0. The first kappa shape index (κ1) is 22.7. The Balaban J connectivity index is 1.40. The highest BCUT2D eigenvalue weighted by atomic mass is 16.5. The van der Waals surface area contributed by atoms with E-state index in [2.05, 4.69) is 146 Å². The molecule has 2 nitrogen and oxygen atoms in total. The van der Waals surface area contributed by atoms with Gasteiger partial charge in [-0.15, -0.1) is 0 Å². The third-order valence-corrected chi connectivity index (χ3v) is 9.19. The minimum absolute atomic E-state index is 0.211. The van der Waals surface area contributed by atoms with Gasteiger partial charge in [-0.1, -0.05) is 105 Å². The first-order valence-electron chi connectivity index (χ1n) is 14.3. The van der Waals surface area contributed by atoms with E-state index in [-0.39, 0.29) is 5.41 Å². The summed E-state index contributed by atoms with van der Waals surface area (Å²) in [7, 11) is 0. The second-order valence-corrected chi connectivity index (χ2v) is 11.7. The quantitative estimate of drug-likeness (QED) is 0.194. The second kappa shape index (κ2) is 7.99. The molecule has 0 spiro atoms. The van der Waals surface area contributed by atoms with Crippen LogP contribution in [0.1, 0.15) is 25.0 Å². The molecule has 2 heteroatoms. The van der Waals surface area contributed by atoms with Gasteiger partial charge in [-0.25, -0.2) is 0 Å². The van der Waals surface area contributed by atoms with E-state index in [4.69, 9.17) is 4.74 Å². The van der Waals surface area contributed by atoms with E-state index in [1.807, 2.05) is 0 Å². The lowest BCUT2D eigenvalue weighted by Crippen LogP contribution is -2.24. The Morgan fingerprint density at radius 2 is 1.07 bits per heavy atom. The van der Waals surface area contributed by atoms with Gasteiger partial charge in [-0.05, 0) is 68.7 Å². The number of ether oxygens (including phenoxy) is 1. The predicted molar refractivity (Wildman–Crippen MR) is 172 cm³/mol. The molecule has 41 heavy (non-hydrogen) atoms. The Kier molecular flexibility index (Phi) is 4.42. The van der Waals surface area contributed by atoms with Gasteiger partial charge in [0.25, 0.3) is 0 Å². The summed E-state index contributed by atoms with van der Waals surface area (Å²) in [5.74, 6) is 1.89. The summed E-state index contributed by atoms with van der Waals surface area (Å²) in [6.45, 7) is 4.65. The smallest absolute Gasteiger partial charge is 0.132 e. The summed E-state index contributed by atoms with van der Waals surface area (Å²) in [6.07, 6.45) is 0. The molecule has 0 fully saturated rings. The standard InChI is InChI=1S/C39H27NO/c1-39(2)32-16-8-10-18-35(32)41-36-22-21-34-37(38(36)39)30-15-7-9-17-33(30)40(34)24-19-20-29-27-13-4-3-11-25(27)26-12-5-6-14-28(26)31(29)23-24/h3-23H,1-2H3. The summed E-state index contributed by atoms with van der Waals surface area (Å²) in [6, 6.07) is 46.2. The number of hydrogen-bond donors (Lipinski definition) is 0. The molecule has 7 aromatic carbocycles. The van der Waals surface area contributed by atoms with Gasteiger partial charge >= 0.3 is 0 Å². The predicted octanol–water partition coefficient (Wildman–Crippen LogP) is 10.7. The summed E-state index contributed by atoms with van der Waals surface area (Å²) in [5.41, 5.74) is 5.83. The van der Waals surface area contributed by atoms with Crippen molar-refractivity contribution < 1.29 is 4.74 Å². The normalized spacial score (nSPS) is 14.0. The summed E-state index contributed by atoms with van der Waals surface area (Å²) in [5, 5.41) is 10.2. The largest absolute Gasteiger partial charge is 0.457 e. The number of para-hydroxylation sites is 2. The molecule has 0 unspecified atom stereocenters. The van der Waals surface area contributed by atoms with E-state index < -0.39 is 0 Å². The number of rotatable bonds is 1. The van der Waals surface area contributed by atoms with Gasteiger partial charge in [-0.3, -0.25) is 0 Å². The molecule has 9 rings (SSSR count). The van der Waals surface area contributed by atoms with Gasteiger partial charge in [0.15, 0.2) is 0 Å². The zero-order valence-electron chi connectivity index (χ0n) is 23.0. The van der Waals surface area contributed by atoms with Crippen LogP contribution in [-0.2, 0) is 5.41 Å². The fraction of sp³-hybridized carbons (Fsp3) is 0.0769. The van der Waals surface area contributed by atoms with Crippen molar-refractivity contribution in [3.8, 4) is 17.2 Å². The van der Waals surface area contributed by atoms with Crippen molar-refractivity contribution in [3.05, 3.63) is 139 Å². The van der Waals surface area contributed by atoms with Crippen molar-refractivity contribution in [2.75, 3.05) is 0 Å². The minimum Gasteiger partial charge on any atom is -0.457 e. The zero-order chi connectivity index (χ0) is 27.3. The molecule has 0 radical (unpaired) electrons. The van der Waals surface area contributed by atoms with Gasteiger partial charge in [0.1, 0.15) is 11.5 Å². The molecule has 8 aromatic rings. The Hall–Kier alpha value is -5.08. The lowest BCUT2D eigenvalue weighted by molar-refractivity contribution is 0.420. The number of hydrogen-bond acceptors (Lipinski definition) is 1. The molecule has 2 heterocycles. The number of benzene rings is 7. The van der Waals surface area contributed by atoms with Crippen LogP contribution < -0.4 is 4.74 Å². The lowest BCUT2D eigenvalue weighted by Gasteiger charge is -2.35.